The average molecular weight is 493 g/mol. The molecule has 1 amide bonds. The van der Waals surface area contributed by atoms with Crippen LogP contribution in [0, 0.1) is 0 Å². The Balaban J connectivity index is 1.63. The number of nitrogens with zero attached hydrogens (tertiary/aromatic N) is 4. The van der Waals surface area contributed by atoms with E-state index in [1.807, 2.05) is 0 Å². The molecule has 0 spiro atoms. The third kappa shape index (κ3) is 4.09. The van der Waals surface area contributed by atoms with Gasteiger partial charge in [0.15, 0.2) is 5.82 Å². The van der Waals surface area contributed by atoms with Crippen LogP contribution in [0.1, 0.15) is 18.5 Å². The van der Waals surface area contributed by atoms with Crippen molar-refractivity contribution in [2.24, 2.45) is 0 Å². The van der Waals surface area contributed by atoms with Gasteiger partial charge in [-0.2, -0.15) is 4.98 Å². The summed E-state index contributed by atoms with van der Waals surface area (Å²) in [5.74, 6) is 0.693. The highest BCUT2D eigenvalue weighted by Gasteiger charge is 2.35. The van der Waals surface area contributed by atoms with E-state index in [9.17, 15) is 9.90 Å². The molecule has 2 aromatic carbocycles. The van der Waals surface area contributed by atoms with Gasteiger partial charge < -0.3 is 15.7 Å². The van der Waals surface area contributed by atoms with Gasteiger partial charge in [0.25, 0.3) is 5.91 Å². The summed E-state index contributed by atoms with van der Waals surface area (Å²) < 4.78 is 1.63. The Labute approximate surface area is 204 Å². The summed E-state index contributed by atoms with van der Waals surface area (Å²) in [6, 6.07) is 14.5. The number of rotatable bonds is 4. The number of aromatic nitrogens is 4. The van der Waals surface area contributed by atoms with E-state index in [2.05, 4.69) is 25.7 Å². The van der Waals surface area contributed by atoms with E-state index in [0.717, 1.165) is 0 Å². The van der Waals surface area contributed by atoms with E-state index in [-0.39, 0.29) is 11.7 Å². The molecule has 3 heterocycles. The summed E-state index contributed by atoms with van der Waals surface area (Å²) in [5, 5.41) is 21.3. The number of benzene rings is 2. The lowest BCUT2D eigenvalue weighted by Gasteiger charge is -2.29. The predicted octanol–water partition coefficient (Wildman–Crippen LogP) is 5.28. The zero-order chi connectivity index (χ0) is 23.8. The summed E-state index contributed by atoms with van der Waals surface area (Å²) in [7, 11) is 0. The lowest BCUT2D eigenvalue weighted by atomic mass is 9.95. The first-order chi connectivity index (χ1) is 16.4. The molecule has 1 aliphatic heterocycles. The van der Waals surface area contributed by atoms with Gasteiger partial charge in [-0.15, -0.1) is 5.10 Å². The van der Waals surface area contributed by atoms with E-state index in [0.29, 0.717) is 49.9 Å². The minimum atomic E-state index is -0.670. The molecule has 0 aliphatic carbocycles. The van der Waals surface area contributed by atoms with Gasteiger partial charge in [-0.1, -0.05) is 29.3 Å². The molecule has 3 N–H and O–H groups in total. The number of hydrogen-bond acceptors (Lipinski definition) is 6. The van der Waals surface area contributed by atoms with Gasteiger partial charge in [-0.3, -0.25) is 9.78 Å². The number of nitrogens with one attached hydrogen (secondary N) is 2. The number of phenolic OH excluding ortho intramolecular Hbond substituents is 1. The van der Waals surface area contributed by atoms with Gasteiger partial charge in [0, 0.05) is 33.1 Å². The lowest BCUT2D eigenvalue weighted by Crippen LogP contribution is -2.31. The topological polar surface area (TPSA) is 105 Å². The standard InChI is InChI=1S/C24H18Cl2N6O2/c1-13-20(23(34)29-16-3-2-10-27-12-16)21(18-9-6-15(25)11-19(18)26)32-24(28-13)30-22(31-32)14-4-7-17(33)8-5-14/h2-12,21,33H,1H3,(H,29,34)(H,28,30,31). The van der Waals surface area contributed by atoms with Crippen molar-refractivity contribution in [1.82, 2.24) is 19.7 Å². The van der Waals surface area contributed by atoms with Crippen molar-refractivity contribution in [2.45, 2.75) is 13.0 Å². The SMILES string of the molecule is CC1=C(C(=O)Nc2cccnc2)C(c2ccc(Cl)cc2Cl)n2nc(-c3ccc(O)cc3)nc2N1. The van der Waals surface area contributed by atoms with Gasteiger partial charge in [-0.25, -0.2) is 4.68 Å². The van der Waals surface area contributed by atoms with E-state index >= 15 is 0 Å². The third-order valence-corrected chi connectivity index (χ3v) is 5.96. The molecule has 0 fully saturated rings. The summed E-state index contributed by atoms with van der Waals surface area (Å²) in [6.07, 6.45) is 3.20. The van der Waals surface area contributed by atoms with Crippen LogP contribution in [-0.4, -0.2) is 30.8 Å². The molecule has 2 aromatic heterocycles. The molecule has 0 bridgehead atoms. The number of phenols is 1. The summed E-state index contributed by atoms with van der Waals surface area (Å²) in [5.41, 5.74) is 2.94. The second-order valence-corrected chi connectivity index (χ2v) is 8.52. The Hall–Kier alpha value is -3.88. The Morgan fingerprint density at radius 1 is 1.15 bits per heavy atom. The molecule has 1 aliphatic rings. The van der Waals surface area contributed by atoms with Crippen LogP contribution in [0.5, 0.6) is 5.75 Å². The average Bonchev–Trinajstić information content (AvgIpc) is 3.23. The molecule has 0 saturated carbocycles. The minimum Gasteiger partial charge on any atom is -0.508 e. The first-order valence-electron chi connectivity index (χ1n) is 10.3. The molecule has 0 radical (unpaired) electrons. The first kappa shape index (κ1) is 21.9. The Morgan fingerprint density at radius 3 is 2.65 bits per heavy atom. The molecular weight excluding hydrogens is 475 g/mol. The predicted molar refractivity (Wildman–Crippen MR) is 131 cm³/mol. The molecule has 4 aromatic rings. The van der Waals surface area contributed by atoms with Crippen molar-refractivity contribution in [3.05, 3.63) is 93.9 Å². The molecule has 10 heteroatoms. The van der Waals surface area contributed by atoms with Crippen LogP contribution in [-0.2, 0) is 4.79 Å². The largest absolute Gasteiger partial charge is 0.508 e. The third-order valence-electron chi connectivity index (χ3n) is 5.40. The van der Waals surface area contributed by atoms with Crippen molar-refractivity contribution in [1.29, 1.82) is 0 Å². The van der Waals surface area contributed by atoms with Crippen molar-refractivity contribution < 1.29 is 9.90 Å². The number of aromatic hydroxyl groups is 1. The highest BCUT2D eigenvalue weighted by molar-refractivity contribution is 6.35. The molecule has 170 valence electrons. The second kappa shape index (κ2) is 8.81. The van der Waals surface area contributed by atoms with Gasteiger partial charge >= 0.3 is 0 Å². The zero-order valence-corrected chi connectivity index (χ0v) is 19.3. The Kier molecular flexibility index (Phi) is 5.69. The zero-order valence-electron chi connectivity index (χ0n) is 17.8. The summed E-state index contributed by atoms with van der Waals surface area (Å²) >= 11 is 12.7. The van der Waals surface area contributed by atoms with Crippen LogP contribution in [0.4, 0.5) is 11.6 Å². The number of pyridine rings is 1. The quantitative estimate of drug-likeness (QED) is 0.357. The number of halogens is 2. The summed E-state index contributed by atoms with van der Waals surface area (Å²) in [4.78, 5) is 22.1. The van der Waals surface area contributed by atoms with E-state index in [4.69, 9.17) is 23.2 Å². The van der Waals surface area contributed by atoms with E-state index in [1.165, 1.54) is 0 Å². The van der Waals surface area contributed by atoms with Gasteiger partial charge in [0.2, 0.25) is 5.95 Å². The fourth-order valence-corrected chi connectivity index (χ4v) is 4.34. The molecule has 34 heavy (non-hydrogen) atoms. The smallest absolute Gasteiger partial charge is 0.255 e. The number of amides is 1. The molecule has 0 saturated heterocycles. The van der Waals surface area contributed by atoms with E-state index < -0.39 is 6.04 Å². The van der Waals surface area contributed by atoms with Crippen molar-refractivity contribution in [3.8, 4) is 17.1 Å². The fourth-order valence-electron chi connectivity index (χ4n) is 3.82. The van der Waals surface area contributed by atoms with E-state index in [1.54, 1.807) is 78.6 Å². The van der Waals surface area contributed by atoms with Gasteiger partial charge in [-0.05, 0) is 55.5 Å². The van der Waals surface area contributed by atoms with Crippen LogP contribution in [0.15, 0.2) is 78.3 Å². The molecule has 8 nitrogen and oxygen atoms in total. The molecule has 5 rings (SSSR count). The van der Waals surface area contributed by atoms with Crippen molar-refractivity contribution in [2.75, 3.05) is 10.6 Å². The second-order valence-electron chi connectivity index (χ2n) is 7.68. The van der Waals surface area contributed by atoms with Gasteiger partial charge in [0.1, 0.15) is 11.8 Å². The number of hydrogen-bond donors (Lipinski definition) is 3. The van der Waals surface area contributed by atoms with Gasteiger partial charge in [0.05, 0.1) is 17.5 Å². The molecular formula is C24H18Cl2N6O2. The highest BCUT2D eigenvalue weighted by atomic mass is 35.5. The number of allylic oxidation sites excluding steroid dienone is 1. The number of carbonyl (C=O) groups excluding carboxylic acids is 1. The number of carbonyl (C=O) groups is 1. The van der Waals surface area contributed by atoms with Crippen molar-refractivity contribution in [3.63, 3.8) is 0 Å². The Bertz CT molecular complexity index is 1420. The summed E-state index contributed by atoms with van der Waals surface area (Å²) in [6.45, 7) is 1.80. The number of fused-ring (bicyclic) bond motifs is 1. The van der Waals surface area contributed by atoms with Crippen LogP contribution < -0.4 is 10.6 Å². The van der Waals surface area contributed by atoms with Crippen LogP contribution in [0.2, 0.25) is 10.0 Å². The monoisotopic (exact) mass is 492 g/mol. The maximum Gasteiger partial charge on any atom is 0.255 e. The lowest BCUT2D eigenvalue weighted by molar-refractivity contribution is -0.113. The maximum atomic E-state index is 13.5. The highest BCUT2D eigenvalue weighted by Crippen LogP contribution is 2.40. The molecule has 1 unspecified atom stereocenters. The normalized spacial score (nSPS) is 15.0. The van der Waals surface area contributed by atoms with Crippen LogP contribution >= 0.6 is 23.2 Å². The minimum absolute atomic E-state index is 0.142. The van der Waals surface area contributed by atoms with Crippen molar-refractivity contribution >= 4 is 40.7 Å². The van der Waals surface area contributed by atoms with Crippen LogP contribution in [0.3, 0.4) is 0 Å². The number of anilines is 2. The molecule has 1 atom stereocenters. The first-order valence-corrected chi connectivity index (χ1v) is 11.1. The fraction of sp³-hybridized carbons (Fsp3) is 0.0833. The Morgan fingerprint density at radius 2 is 1.94 bits per heavy atom. The van der Waals surface area contributed by atoms with Crippen LogP contribution in [0.25, 0.3) is 11.4 Å². The maximum absolute atomic E-state index is 13.5.